The number of nitrogens with two attached hydrogens (primary N) is 2. The number of nitro groups is 5. The molecule has 0 aliphatic heterocycles. The zero-order valence-corrected chi connectivity index (χ0v) is 58.1. The van der Waals surface area contributed by atoms with E-state index in [4.69, 9.17) is 16.7 Å². The molecule has 0 amide bonds. The molecule has 0 fully saturated rings. The molecule has 0 spiro atoms. The van der Waals surface area contributed by atoms with Gasteiger partial charge in [0.2, 0.25) is 0 Å². The van der Waals surface area contributed by atoms with Crippen molar-refractivity contribution in [3.05, 3.63) is 91.7 Å². The standard InChI is InChI=1S/C8H6N2S3.C6Br2N2S3.C6N4O4S3.C6H4N4S3.C4Br2N2O4S.C4HBr2NO2S/c1-3-9-7-5(11-3)6-8(13-7)10-4(2)12-6;7-5-9-3-1(11-5)2-4(13-3)10-6(8)12-2;7-1-16-4-3(8-2-15)5(9(11)12)17-6(4)10(13)14;7-5-9-3-1(11-5)2-4(13-3)10-6(8)12-2;5-1-2(6)4(8(11)12)13-3(1)7(9)10;5-2-1-10-4(3(2)6)7(8)9/h1-2H3;;;(H2,7,9)(H2,8,10);;1H. The van der Waals surface area contributed by atoms with Crippen molar-refractivity contribution in [3.8, 4) is 5.40 Å². The zero-order chi connectivity index (χ0) is 57.9. The highest BCUT2D eigenvalue weighted by molar-refractivity contribution is 9.13. The normalized spacial score (nSPS) is 10.7. The molecule has 0 saturated carbocycles. The number of aromatic nitrogens is 6. The zero-order valence-electron chi connectivity index (χ0n) is 37.1. The van der Waals surface area contributed by atoms with Crippen molar-refractivity contribution in [2.45, 2.75) is 18.7 Å². The second kappa shape index (κ2) is 27.4. The number of nitriles is 1. The summed E-state index contributed by atoms with van der Waals surface area (Å²) >= 11 is 40.2. The van der Waals surface area contributed by atoms with Crippen LogP contribution in [0.15, 0.2) is 41.0 Å². The van der Waals surface area contributed by atoms with E-state index in [1.54, 1.807) is 90.1 Å². The van der Waals surface area contributed by atoms with E-state index in [2.05, 4.69) is 157 Å². The van der Waals surface area contributed by atoms with Crippen LogP contribution in [0.5, 0.6) is 0 Å². The number of thiazole rings is 6. The van der Waals surface area contributed by atoms with Gasteiger partial charge in [-0.05, 0) is 122 Å². The number of thiophene rings is 6. The Morgan fingerprint density at radius 2 is 0.886 bits per heavy atom. The summed E-state index contributed by atoms with van der Waals surface area (Å²) < 4.78 is 10.7. The van der Waals surface area contributed by atoms with Crippen molar-refractivity contribution in [2.75, 3.05) is 11.5 Å². The van der Waals surface area contributed by atoms with Crippen molar-refractivity contribution in [1.29, 1.82) is 5.26 Å². The Labute approximate surface area is 543 Å². The lowest BCUT2D eigenvalue weighted by atomic mass is 10.5. The van der Waals surface area contributed by atoms with E-state index in [9.17, 15) is 50.6 Å². The molecule has 45 heteroatoms. The number of isothiocyanates is 1. The first kappa shape index (κ1) is 63.2. The number of aryl methyl sites for hydroxylation is 2. The molecule has 0 aliphatic rings. The number of aliphatic imine (C=N–C) groups is 1. The minimum atomic E-state index is -0.815. The van der Waals surface area contributed by atoms with Gasteiger partial charge in [-0.3, -0.25) is 50.6 Å². The third kappa shape index (κ3) is 14.7. The summed E-state index contributed by atoms with van der Waals surface area (Å²) in [5.74, 6) is 0. The van der Waals surface area contributed by atoms with E-state index >= 15 is 0 Å². The van der Waals surface area contributed by atoms with Crippen LogP contribution in [0.25, 0.3) is 57.2 Å². The van der Waals surface area contributed by atoms with Gasteiger partial charge in [0.25, 0.3) is 0 Å². The van der Waals surface area contributed by atoms with E-state index in [-0.39, 0.29) is 34.5 Å². The highest BCUT2D eigenvalue weighted by Crippen LogP contribution is 2.51. The van der Waals surface area contributed by atoms with E-state index in [0.29, 0.717) is 49.2 Å². The van der Waals surface area contributed by atoms with Gasteiger partial charge in [0, 0.05) is 44.3 Å². The number of halogens is 6. The molecule has 12 rings (SSSR count). The molecule has 0 aromatic carbocycles. The lowest BCUT2D eigenvalue weighted by Gasteiger charge is -1.89. The Kier molecular flexibility index (Phi) is 21.9. The summed E-state index contributed by atoms with van der Waals surface area (Å²) in [6.07, 6.45) is 0. The van der Waals surface area contributed by atoms with Crippen LogP contribution in [0.3, 0.4) is 0 Å². The minimum absolute atomic E-state index is 0.106. The Balaban J connectivity index is 0.000000138. The van der Waals surface area contributed by atoms with Crippen LogP contribution in [-0.4, -0.2) is 59.7 Å². The molecular weight excluding hydrogens is 1710 g/mol. The van der Waals surface area contributed by atoms with Crippen LogP contribution in [0.1, 0.15) is 10.0 Å². The van der Waals surface area contributed by atoms with Gasteiger partial charge < -0.3 is 11.5 Å². The summed E-state index contributed by atoms with van der Waals surface area (Å²) in [4.78, 5) is 84.5. The number of nitrogens with zero attached hydrogens (tertiary/aromatic N) is 13. The maximum Gasteiger partial charge on any atom is 0.358 e. The summed E-state index contributed by atoms with van der Waals surface area (Å²) in [5.41, 5.74) is 10.9. The highest BCUT2D eigenvalue weighted by Gasteiger charge is 2.34. The predicted molar refractivity (Wildman–Crippen MR) is 349 cm³/mol. The lowest BCUT2D eigenvalue weighted by Crippen LogP contribution is -1.84. The highest BCUT2D eigenvalue weighted by atomic mass is 79.9. The second-order valence-corrected chi connectivity index (χ2v) is 32.2. The largest absolute Gasteiger partial charge is 0.375 e. The number of hydrogen-bond donors (Lipinski definition) is 2. The number of nitrogen functional groups attached to an aromatic ring is 2. The summed E-state index contributed by atoms with van der Waals surface area (Å²) in [5, 5.41) is 68.0. The number of rotatable bonds is 7. The van der Waals surface area contributed by atoms with Gasteiger partial charge >= 0.3 is 25.0 Å². The molecule has 0 atom stereocenters. The maximum absolute atomic E-state index is 10.7. The van der Waals surface area contributed by atoms with E-state index in [1.165, 1.54) is 41.5 Å². The van der Waals surface area contributed by atoms with Gasteiger partial charge in [0.1, 0.15) is 52.7 Å². The summed E-state index contributed by atoms with van der Waals surface area (Å²) in [6, 6.07) is 0. The molecule has 4 N–H and O–H groups in total. The van der Waals surface area contributed by atoms with Crippen LogP contribution in [0.4, 0.5) is 41.0 Å². The molecule has 0 saturated heterocycles. The Hall–Kier alpha value is -3.34. The van der Waals surface area contributed by atoms with Gasteiger partial charge in [0.05, 0.1) is 68.0 Å². The Morgan fingerprint density at radius 3 is 1.23 bits per heavy atom. The van der Waals surface area contributed by atoms with E-state index < -0.39 is 34.6 Å². The first-order valence-corrected chi connectivity index (χ1v) is 34.9. The number of thiocarbonyl (C=S) groups is 1. The average molecular weight is 1720 g/mol. The first-order chi connectivity index (χ1) is 37.3. The molecule has 25 nitrogen and oxygen atoms in total. The van der Waals surface area contributed by atoms with Crippen molar-refractivity contribution in [1.82, 2.24) is 29.9 Å². The van der Waals surface area contributed by atoms with Crippen LogP contribution >= 0.6 is 256 Å². The third-order valence-corrected chi connectivity index (χ3v) is 28.4. The summed E-state index contributed by atoms with van der Waals surface area (Å²) in [6.45, 7) is 4.11. The average Bonchev–Trinajstić information content (AvgIpc) is 4.25. The van der Waals surface area contributed by atoms with Gasteiger partial charge in [-0.15, -0.1) is 45.3 Å². The van der Waals surface area contributed by atoms with Gasteiger partial charge in [0.15, 0.2) is 23.8 Å². The number of thiocyanates is 1. The molecule has 0 radical (unpaired) electrons. The van der Waals surface area contributed by atoms with Crippen LogP contribution in [0.2, 0.25) is 0 Å². The Bertz CT molecular complexity index is 4010. The lowest BCUT2D eigenvalue weighted by molar-refractivity contribution is -0.383. The molecule has 12 aromatic rings. The smallest absolute Gasteiger partial charge is 0.358 e. The fourth-order valence-corrected chi connectivity index (χ4v) is 22.5. The van der Waals surface area contributed by atoms with Gasteiger partial charge in [-0.2, -0.15) is 10.3 Å². The predicted octanol–water partition coefficient (Wildman–Crippen LogP) is 19.4. The van der Waals surface area contributed by atoms with Crippen molar-refractivity contribution in [3.63, 3.8) is 0 Å². The second-order valence-electron chi connectivity index (χ2n) is 13.2. The Morgan fingerprint density at radius 1 is 0.519 bits per heavy atom. The molecule has 12 aromatic heterocycles. The fourth-order valence-electron chi connectivity index (χ4n) is 5.52. The quantitative estimate of drug-likeness (QED) is 0.0374. The molecule has 79 heavy (non-hydrogen) atoms. The number of anilines is 2. The number of fused-ring (bicyclic) bond motifs is 9. The fraction of sp³-hybridized carbons (Fsp3) is 0.0588. The van der Waals surface area contributed by atoms with Crippen molar-refractivity contribution < 1.29 is 24.6 Å². The van der Waals surface area contributed by atoms with Crippen molar-refractivity contribution in [2.24, 2.45) is 4.99 Å². The summed E-state index contributed by atoms with van der Waals surface area (Å²) in [7, 11) is 0. The van der Waals surface area contributed by atoms with Crippen molar-refractivity contribution >= 4 is 359 Å². The topological polar surface area (TPSA) is 381 Å². The first-order valence-electron chi connectivity index (χ1n) is 19.1. The van der Waals surface area contributed by atoms with E-state index in [1.807, 2.05) is 5.16 Å². The molecule has 12 heterocycles. The van der Waals surface area contributed by atoms with Crippen LogP contribution in [0, 0.1) is 75.1 Å². The molecule has 0 bridgehead atoms. The van der Waals surface area contributed by atoms with Gasteiger partial charge in [-0.1, -0.05) is 68.0 Å². The monoisotopic (exact) mass is 1710 g/mol. The van der Waals surface area contributed by atoms with Crippen LogP contribution in [-0.2, 0) is 0 Å². The van der Waals surface area contributed by atoms with Crippen LogP contribution < -0.4 is 11.5 Å². The molecule has 0 aliphatic carbocycles. The minimum Gasteiger partial charge on any atom is -0.375 e. The van der Waals surface area contributed by atoms with Gasteiger partial charge in [-0.25, -0.2) is 29.9 Å². The van der Waals surface area contributed by atoms with E-state index in [0.717, 1.165) is 72.0 Å². The number of thioether (sulfide) groups is 1. The third-order valence-electron chi connectivity index (χ3n) is 8.34. The molecular formula is C34H11Br6N15O10S14. The molecule has 0 unspecified atom stereocenters. The molecule has 408 valence electrons. The SMILES string of the molecule is Brc1nc2sc3nc(Br)sc3c2s1.Cc1nc2sc3nc(C)sc3c2s1.N#CSc1c([N+](=O)[O-])sc([N+](=O)[O-])c1N=C=S.Nc1nc2sc3nc(N)sc3c2s1.O=[N+]([O-])c1sc([N+](=O)[O-])c(Br)c1Br.O=[N+]([O-])c1scc(Br)c1Br. The maximum atomic E-state index is 10.7. The number of hydrogen-bond acceptors (Lipinski definition) is 34.